The monoisotopic (exact) mass is 784 g/mol. The van der Waals surface area contributed by atoms with E-state index in [9.17, 15) is 39.0 Å². The molecule has 0 radical (unpaired) electrons. The van der Waals surface area contributed by atoms with Crippen LogP contribution in [0.2, 0.25) is 0 Å². The van der Waals surface area contributed by atoms with Crippen molar-refractivity contribution in [2.75, 3.05) is 61.5 Å². The number of unbranched alkanes of at least 4 members (excludes halogenated alkanes) is 2. The first-order valence-corrected chi connectivity index (χ1v) is 18.4. The van der Waals surface area contributed by atoms with Crippen molar-refractivity contribution in [3.63, 3.8) is 0 Å². The Morgan fingerprint density at radius 2 is 1.27 bits per heavy atom. The van der Waals surface area contributed by atoms with Crippen molar-refractivity contribution in [2.45, 2.75) is 80.1 Å². The summed E-state index contributed by atoms with van der Waals surface area (Å²) in [5.74, 6) is 0.347. The molecule has 0 spiro atoms. The number of urea groups is 4. The summed E-state index contributed by atoms with van der Waals surface area (Å²) in [7, 11) is 2.94. The molecule has 1 unspecified atom stereocenters. The molecule has 0 aliphatic carbocycles. The van der Waals surface area contributed by atoms with Gasteiger partial charge in [-0.05, 0) is 79.8 Å². The predicted molar refractivity (Wildman–Crippen MR) is 219 cm³/mol. The van der Waals surface area contributed by atoms with Gasteiger partial charge in [0.1, 0.15) is 11.5 Å². The highest BCUT2D eigenvalue weighted by molar-refractivity contribution is 5.95. The van der Waals surface area contributed by atoms with Crippen molar-refractivity contribution >= 4 is 59.0 Å². The van der Waals surface area contributed by atoms with Gasteiger partial charge >= 0.3 is 24.1 Å². The standard InChI is InChI=1S/C14H22N4O3.C13H20N4O3.C11H18N2O2/c1-4-5-6-16-14(21)17-10-7-9(2)12(19)11(8-10)18-13(20)15-3;1-3-4-7-15-13(20)16-9-5-6-11(18)10(8-9)17-12(19)14-2;1-10(4-5-12-8-14)6-11(2,3)7-13-9-15/h7-8,19H,4-6H2,1-3H3,(H2,15,18,20)(H2,16,17,21);5-6,8,18H,3-4,7H2,1-2H3,(H2,14,17,19)(H2,15,16,20);10H,4-7H2,1-3H3. The highest BCUT2D eigenvalue weighted by Gasteiger charge is 2.20. The van der Waals surface area contributed by atoms with Crippen molar-refractivity contribution < 1.29 is 39.0 Å². The van der Waals surface area contributed by atoms with Crippen LogP contribution >= 0.6 is 0 Å². The van der Waals surface area contributed by atoms with E-state index in [4.69, 9.17) is 0 Å². The maximum Gasteiger partial charge on any atom is 0.319 e. The van der Waals surface area contributed by atoms with Gasteiger partial charge in [0.05, 0.1) is 24.5 Å². The topological polar surface area (TPSA) is 264 Å². The summed E-state index contributed by atoms with van der Waals surface area (Å²) < 4.78 is 0. The van der Waals surface area contributed by atoms with Crippen LogP contribution in [-0.2, 0) is 9.59 Å². The Balaban J connectivity index is 0.000000823. The molecule has 10 N–H and O–H groups in total. The smallest absolute Gasteiger partial charge is 0.319 e. The molecule has 56 heavy (non-hydrogen) atoms. The van der Waals surface area contributed by atoms with E-state index in [-0.39, 0.29) is 40.4 Å². The van der Waals surface area contributed by atoms with E-state index in [0.29, 0.717) is 49.0 Å². The van der Waals surface area contributed by atoms with E-state index in [1.165, 1.54) is 38.4 Å². The molecule has 18 heteroatoms. The van der Waals surface area contributed by atoms with Crippen LogP contribution in [0.4, 0.5) is 41.9 Å². The second kappa shape index (κ2) is 28.3. The molecule has 0 saturated carbocycles. The predicted octanol–water partition coefficient (Wildman–Crippen LogP) is 6.54. The Kier molecular flexibility index (Phi) is 25.2. The summed E-state index contributed by atoms with van der Waals surface area (Å²) in [5.41, 5.74) is 1.97. The fourth-order valence-corrected chi connectivity index (χ4v) is 4.83. The second-order valence-corrected chi connectivity index (χ2v) is 13.4. The third-order valence-corrected chi connectivity index (χ3v) is 7.67. The largest absolute Gasteiger partial charge is 0.506 e. The van der Waals surface area contributed by atoms with Crippen molar-refractivity contribution in [1.29, 1.82) is 0 Å². The first-order chi connectivity index (χ1) is 26.6. The first-order valence-electron chi connectivity index (χ1n) is 18.4. The zero-order valence-electron chi connectivity index (χ0n) is 33.8. The molecule has 0 aliphatic rings. The van der Waals surface area contributed by atoms with E-state index in [0.717, 1.165) is 38.5 Å². The molecule has 0 saturated heterocycles. The quantitative estimate of drug-likeness (QED) is 0.0276. The average molecular weight is 785 g/mol. The van der Waals surface area contributed by atoms with Gasteiger partial charge in [0.25, 0.3) is 0 Å². The van der Waals surface area contributed by atoms with Gasteiger partial charge in [0.2, 0.25) is 12.2 Å². The number of phenols is 2. The van der Waals surface area contributed by atoms with Crippen molar-refractivity contribution in [3.05, 3.63) is 35.9 Å². The van der Waals surface area contributed by atoms with Gasteiger partial charge in [-0.3, -0.25) is 0 Å². The Hall–Kier alpha value is -6.12. The molecule has 1 atom stereocenters. The molecule has 0 aliphatic heterocycles. The number of carbonyl (C=O) groups excluding carboxylic acids is 6. The zero-order valence-corrected chi connectivity index (χ0v) is 33.8. The molecule has 18 nitrogen and oxygen atoms in total. The van der Waals surface area contributed by atoms with Crippen LogP contribution in [0.3, 0.4) is 0 Å². The number of rotatable bonds is 17. The van der Waals surface area contributed by atoms with Gasteiger partial charge in [0, 0.05) is 38.6 Å². The van der Waals surface area contributed by atoms with Crippen LogP contribution in [0.15, 0.2) is 40.3 Å². The van der Waals surface area contributed by atoms with Crippen LogP contribution in [0, 0.1) is 18.3 Å². The number of amides is 8. The van der Waals surface area contributed by atoms with Crippen molar-refractivity contribution in [3.8, 4) is 11.5 Å². The summed E-state index contributed by atoms with van der Waals surface area (Å²) in [6.45, 7) is 14.2. The van der Waals surface area contributed by atoms with Crippen LogP contribution in [0.5, 0.6) is 11.5 Å². The normalized spacial score (nSPS) is 10.5. The fourth-order valence-electron chi connectivity index (χ4n) is 4.83. The molecular formula is C38H60N10O8. The number of benzene rings is 2. The average Bonchev–Trinajstić information content (AvgIpc) is 3.14. The molecule has 0 aromatic heterocycles. The van der Waals surface area contributed by atoms with Crippen LogP contribution in [0.25, 0.3) is 0 Å². The summed E-state index contributed by atoms with van der Waals surface area (Å²) in [6.07, 6.45) is 8.71. The number of hydrogen-bond donors (Lipinski definition) is 10. The minimum Gasteiger partial charge on any atom is -0.506 e. The molecule has 2 rings (SSSR count). The van der Waals surface area contributed by atoms with E-state index < -0.39 is 12.1 Å². The molecule has 0 fully saturated rings. The number of carbonyl (C=O) groups is 4. The lowest BCUT2D eigenvalue weighted by molar-refractivity contribution is 0.251. The third-order valence-electron chi connectivity index (χ3n) is 7.67. The number of nitrogens with one attached hydrogen (secondary N) is 8. The van der Waals surface area contributed by atoms with Crippen molar-refractivity contribution in [1.82, 2.24) is 21.3 Å². The fraction of sp³-hybridized carbons (Fsp3) is 0.526. The number of phenolic OH excluding ortho intramolecular Hbond substituents is 2. The van der Waals surface area contributed by atoms with Gasteiger partial charge < -0.3 is 52.7 Å². The molecule has 8 amide bonds. The Labute approximate surface area is 329 Å². The number of aryl methyl sites for hydroxylation is 1. The maximum atomic E-state index is 11.7. The summed E-state index contributed by atoms with van der Waals surface area (Å²) >= 11 is 0. The van der Waals surface area contributed by atoms with Gasteiger partial charge in [-0.15, -0.1) is 0 Å². The van der Waals surface area contributed by atoms with E-state index >= 15 is 0 Å². The highest BCUT2D eigenvalue weighted by atomic mass is 16.3. The maximum absolute atomic E-state index is 11.7. The van der Waals surface area contributed by atoms with Gasteiger partial charge in [-0.2, -0.15) is 0 Å². The summed E-state index contributed by atoms with van der Waals surface area (Å²) in [6, 6.07) is 6.00. The number of nitrogens with zero attached hydrogens (tertiary/aromatic N) is 2. The molecule has 0 bridgehead atoms. The van der Waals surface area contributed by atoms with Crippen LogP contribution in [0.1, 0.15) is 78.7 Å². The van der Waals surface area contributed by atoms with E-state index in [1.807, 2.05) is 13.8 Å². The van der Waals surface area contributed by atoms with Crippen LogP contribution in [-0.4, -0.2) is 86.8 Å². The zero-order chi connectivity index (χ0) is 42.5. The molecule has 2 aromatic rings. The lowest BCUT2D eigenvalue weighted by Crippen LogP contribution is -2.29. The number of isocyanates is 2. The minimum atomic E-state index is -0.454. The van der Waals surface area contributed by atoms with Gasteiger partial charge in [-0.25, -0.2) is 38.8 Å². The molecule has 0 heterocycles. The minimum absolute atomic E-state index is 0.00171. The molecule has 2 aromatic carbocycles. The Bertz CT molecular complexity index is 1640. The lowest BCUT2D eigenvalue weighted by atomic mass is 9.82. The first kappa shape index (κ1) is 49.9. The SMILES string of the molecule is CC(CCN=C=O)CC(C)(C)CN=C=O.CCCCNC(=O)Nc1cc(C)c(O)c(NC(=O)NC)c1.CCCCNC(=O)Nc1ccc(O)c(NC(=O)NC)c1. The van der Waals surface area contributed by atoms with E-state index in [1.54, 1.807) is 25.1 Å². The highest BCUT2D eigenvalue weighted by Crippen LogP contribution is 2.31. The Morgan fingerprint density at radius 1 is 0.750 bits per heavy atom. The summed E-state index contributed by atoms with van der Waals surface area (Å²) in [4.78, 5) is 72.8. The van der Waals surface area contributed by atoms with Crippen LogP contribution < -0.4 is 42.5 Å². The molecule has 310 valence electrons. The summed E-state index contributed by atoms with van der Waals surface area (Å²) in [5, 5.41) is 40.0. The number of aromatic hydroxyl groups is 2. The molecular weight excluding hydrogens is 724 g/mol. The third kappa shape index (κ3) is 22.8. The lowest BCUT2D eigenvalue weighted by Gasteiger charge is -2.25. The second-order valence-electron chi connectivity index (χ2n) is 13.4. The van der Waals surface area contributed by atoms with Gasteiger partial charge in [-0.1, -0.05) is 47.5 Å². The number of anilines is 4. The Morgan fingerprint density at radius 3 is 1.79 bits per heavy atom. The van der Waals surface area contributed by atoms with Crippen molar-refractivity contribution in [2.24, 2.45) is 21.3 Å². The number of hydrogen-bond acceptors (Lipinski definition) is 10. The van der Waals surface area contributed by atoms with E-state index in [2.05, 4.69) is 73.3 Å². The van der Waals surface area contributed by atoms with Gasteiger partial charge in [0.15, 0.2) is 0 Å². The number of aliphatic imine (C=N–C) groups is 2.